The highest BCUT2D eigenvalue weighted by molar-refractivity contribution is 5.87. The smallest absolute Gasteiger partial charge is 0.328 e. The third-order valence-electron chi connectivity index (χ3n) is 10.1. The largest absolute Gasteiger partial charge is 0.480 e. The molecular formula is C43H82N2O7. The van der Waals surface area contributed by atoms with Gasteiger partial charge in [0.25, 0.3) is 0 Å². The number of unbranched alkanes of at least 4 members (excludes halogenated alkanes) is 26. The van der Waals surface area contributed by atoms with Gasteiger partial charge in [-0.3, -0.25) is 14.4 Å². The first-order valence-electron chi connectivity index (χ1n) is 21.9. The Kier molecular flexibility index (Phi) is 37.0. The van der Waals surface area contributed by atoms with Crippen LogP contribution in [0.15, 0.2) is 0 Å². The van der Waals surface area contributed by atoms with Crippen LogP contribution in [0.2, 0.25) is 0 Å². The van der Waals surface area contributed by atoms with Crippen molar-refractivity contribution in [3.8, 4) is 0 Å². The molecular weight excluding hydrogens is 656 g/mol. The summed E-state index contributed by atoms with van der Waals surface area (Å²) in [6.07, 6.45) is 38.9. The molecule has 4 N–H and O–H groups in total. The molecule has 2 unspecified atom stereocenters. The second-order valence-electron chi connectivity index (χ2n) is 15.2. The van der Waals surface area contributed by atoms with Gasteiger partial charge in [0.05, 0.1) is 13.2 Å². The van der Waals surface area contributed by atoms with E-state index in [0.717, 1.165) is 57.8 Å². The van der Waals surface area contributed by atoms with Gasteiger partial charge in [0.1, 0.15) is 12.1 Å². The SMILES string of the molecule is CCCCCCCCCCCCCCCCCCCCCCCC(=O)OC(CCCCCC)CCCCCCC(=O)NCC(=O)NC(CO)C(=O)O. The monoisotopic (exact) mass is 739 g/mol. The molecule has 306 valence electrons. The molecule has 2 atom stereocenters. The Morgan fingerprint density at radius 3 is 1.27 bits per heavy atom. The number of nitrogens with one attached hydrogen (secondary N) is 2. The second-order valence-corrected chi connectivity index (χ2v) is 15.2. The third-order valence-corrected chi connectivity index (χ3v) is 10.1. The summed E-state index contributed by atoms with van der Waals surface area (Å²) in [5.74, 6) is -2.32. The standard InChI is InChI=1S/C43H82N2O7/c1-3-5-7-9-10-11-12-13-14-15-16-17-18-19-20-21-22-23-24-25-31-35-42(49)52-38(32-28-8-6-4-2)33-29-26-27-30-34-40(47)44-36-41(48)45-39(37-46)43(50)51/h38-39,46H,3-37H2,1-2H3,(H,44,47)(H,45,48)(H,50,51). The Hall–Kier alpha value is -2.16. The Bertz CT molecular complexity index is 853. The highest BCUT2D eigenvalue weighted by Crippen LogP contribution is 2.19. The normalized spacial score (nSPS) is 12.4. The van der Waals surface area contributed by atoms with Gasteiger partial charge in [-0.1, -0.05) is 174 Å². The molecule has 0 aliphatic rings. The second kappa shape index (κ2) is 38.6. The van der Waals surface area contributed by atoms with Gasteiger partial charge < -0.3 is 25.6 Å². The van der Waals surface area contributed by atoms with E-state index in [1.54, 1.807) is 0 Å². The summed E-state index contributed by atoms with van der Waals surface area (Å²) in [5.41, 5.74) is 0. The summed E-state index contributed by atoms with van der Waals surface area (Å²) < 4.78 is 5.93. The minimum atomic E-state index is -1.38. The zero-order valence-electron chi connectivity index (χ0n) is 33.8. The lowest BCUT2D eigenvalue weighted by Gasteiger charge is -2.18. The van der Waals surface area contributed by atoms with Crippen LogP contribution in [0.25, 0.3) is 0 Å². The van der Waals surface area contributed by atoms with E-state index in [1.165, 1.54) is 135 Å². The number of carboxylic acid groups (broad SMARTS) is 1. The fourth-order valence-corrected chi connectivity index (χ4v) is 6.72. The Labute approximate surface area is 319 Å². The van der Waals surface area contributed by atoms with Gasteiger partial charge >= 0.3 is 11.9 Å². The summed E-state index contributed by atoms with van der Waals surface area (Å²) >= 11 is 0. The average molecular weight is 739 g/mol. The van der Waals surface area contributed by atoms with Crippen LogP contribution in [0.5, 0.6) is 0 Å². The number of hydrogen-bond donors (Lipinski definition) is 4. The predicted molar refractivity (Wildman–Crippen MR) is 213 cm³/mol. The topological polar surface area (TPSA) is 142 Å². The molecule has 0 aliphatic heterocycles. The quantitative estimate of drug-likeness (QED) is 0.0362. The van der Waals surface area contributed by atoms with Gasteiger partial charge in [-0.2, -0.15) is 0 Å². The molecule has 0 saturated heterocycles. The number of carboxylic acids is 1. The molecule has 0 spiro atoms. The minimum absolute atomic E-state index is 0.0328. The molecule has 0 bridgehead atoms. The maximum Gasteiger partial charge on any atom is 0.328 e. The zero-order valence-corrected chi connectivity index (χ0v) is 33.8. The lowest BCUT2D eigenvalue weighted by atomic mass is 10.0. The van der Waals surface area contributed by atoms with Gasteiger partial charge in [-0.05, 0) is 38.5 Å². The first-order valence-corrected chi connectivity index (χ1v) is 21.9. The summed E-state index contributed by atoms with van der Waals surface area (Å²) in [4.78, 5) is 47.3. The number of hydrogen-bond acceptors (Lipinski definition) is 6. The zero-order chi connectivity index (χ0) is 38.3. The number of ether oxygens (including phenoxy) is 1. The van der Waals surface area contributed by atoms with Crippen LogP contribution in [0.3, 0.4) is 0 Å². The number of carbonyl (C=O) groups excluding carboxylic acids is 3. The molecule has 2 amide bonds. The number of aliphatic hydroxyl groups excluding tert-OH is 1. The number of aliphatic hydroxyl groups is 1. The van der Waals surface area contributed by atoms with Crippen molar-refractivity contribution in [1.82, 2.24) is 10.6 Å². The van der Waals surface area contributed by atoms with Crippen molar-refractivity contribution in [2.24, 2.45) is 0 Å². The molecule has 0 aromatic carbocycles. The lowest BCUT2D eigenvalue weighted by molar-refractivity contribution is -0.150. The number of carbonyl (C=O) groups is 4. The van der Waals surface area contributed by atoms with Crippen LogP contribution in [0.1, 0.15) is 226 Å². The Balaban J connectivity index is 3.86. The van der Waals surface area contributed by atoms with E-state index in [9.17, 15) is 19.2 Å². The minimum Gasteiger partial charge on any atom is -0.480 e. The first kappa shape index (κ1) is 49.8. The Morgan fingerprint density at radius 2 is 0.865 bits per heavy atom. The number of esters is 1. The van der Waals surface area contributed by atoms with Crippen LogP contribution in [0, 0.1) is 0 Å². The molecule has 0 saturated carbocycles. The predicted octanol–water partition coefficient (Wildman–Crippen LogP) is 10.5. The van der Waals surface area contributed by atoms with E-state index in [2.05, 4.69) is 24.5 Å². The molecule has 9 nitrogen and oxygen atoms in total. The molecule has 0 aromatic heterocycles. The van der Waals surface area contributed by atoms with E-state index in [1.807, 2.05) is 0 Å². The van der Waals surface area contributed by atoms with E-state index >= 15 is 0 Å². The van der Waals surface area contributed by atoms with Crippen molar-refractivity contribution in [3.05, 3.63) is 0 Å². The van der Waals surface area contributed by atoms with Crippen molar-refractivity contribution in [1.29, 1.82) is 0 Å². The van der Waals surface area contributed by atoms with Crippen molar-refractivity contribution < 1.29 is 34.1 Å². The average Bonchev–Trinajstić information content (AvgIpc) is 3.13. The third kappa shape index (κ3) is 34.9. The van der Waals surface area contributed by atoms with Gasteiger partial charge in [-0.15, -0.1) is 0 Å². The van der Waals surface area contributed by atoms with Crippen molar-refractivity contribution in [2.75, 3.05) is 13.2 Å². The first-order chi connectivity index (χ1) is 25.3. The summed E-state index contributed by atoms with van der Waals surface area (Å²) in [6.45, 7) is 3.44. The number of amides is 2. The van der Waals surface area contributed by atoms with Gasteiger partial charge in [0.15, 0.2) is 0 Å². The summed E-state index contributed by atoms with van der Waals surface area (Å²) in [6, 6.07) is -1.38. The maximum atomic E-state index is 12.6. The molecule has 9 heteroatoms. The van der Waals surface area contributed by atoms with Crippen molar-refractivity contribution in [2.45, 2.75) is 238 Å². The molecule has 0 aromatic rings. The number of aliphatic carboxylic acids is 1. The molecule has 0 radical (unpaired) electrons. The van der Waals surface area contributed by atoms with Crippen molar-refractivity contribution >= 4 is 23.8 Å². The highest BCUT2D eigenvalue weighted by Gasteiger charge is 2.19. The molecule has 52 heavy (non-hydrogen) atoms. The van der Waals surface area contributed by atoms with Crippen LogP contribution in [-0.2, 0) is 23.9 Å². The van der Waals surface area contributed by atoms with Gasteiger partial charge in [-0.25, -0.2) is 4.79 Å². The molecule has 0 heterocycles. The van der Waals surface area contributed by atoms with Gasteiger partial charge in [0, 0.05) is 12.8 Å². The lowest BCUT2D eigenvalue weighted by Crippen LogP contribution is -2.47. The summed E-state index contributed by atoms with van der Waals surface area (Å²) in [5, 5.41) is 22.5. The van der Waals surface area contributed by atoms with E-state index < -0.39 is 24.5 Å². The Morgan fingerprint density at radius 1 is 0.500 bits per heavy atom. The van der Waals surface area contributed by atoms with Crippen LogP contribution < -0.4 is 10.6 Å². The van der Waals surface area contributed by atoms with Gasteiger partial charge in [0.2, 0.25) is 11.8 Å². The van der Waals surface area contributed by atoms with E-state index in [0.29, 0.717) is 12.8 Å². The fraction of sp³-hybridized carbons (Fsp3) is 0.907. The fourth-order valence-electron chi connectivity index (χ4n) is 6.72. The van der Waals surface area contributed by atoms with E-state index in [-0.39, 0.29) is 30.9 Å². The van der Waals surface area contributed by atoms with E-state index in [4.69, 9.17) is 14.9 Å². The van der Waals surface area contributed by atoms with Crippen molar-refractivity contribution in [3.63, 3.8) is 0 Å². The molecule has 0 aliphatic carbocycles. The van der Waals surface area contributed by atoms with Crippen LogP contribution in [-0.4, -0.2) is 59.3 Å². The molecule has 0 rings (SSSR count). The summed E-state index contributed by atoms with van der Waals surface area (Å²) in [7, 11) is 0. The molecule has 0 fully saturated rings. The number of rotatable bonds is 40. The highest BCUT2D eigenvalue weighted by atomic mass is 16.5. The van der Waals surface area contributed by atoms with Crippen LogP contribution in [0.4, 0.5) is 0 Å². The van der Waals surface area contributed by atoms with Crippen LogP contribution >= 0.6 is 0 Å². The maximum absolute atomic E-state index is 12.6.